The van der Waals surface area contributed by atoms with E-state index in [1.807, 2.05) is 0 Å². The third-order valence-electron chi connectivity index (χ3n) is 4.20. The van der Waals surface area contributed by atoms with Gasteiger partial charge in [-0.2, -0.15) is 31.7 Å². The fourth-order valence-electron chi connectivity index (χ4n) is 2.74. The number of hydrogen-bond acceptors (Lipinski definition) is 4. The second-order valence-electron chi connectivity index (χ2n) is 6.20. The number of carbonyl (C=O) groups is 1. The van der Waals surface area contributed by atoms with E-state index in [1.54, 1.807) is 0 Å². The Morgan fingerprint density at radius 3 is 1.74 bits per heavy atom. The molecule has 0 aliphatic rings. The molecule has 1 aromatic carbocycles. The number of rotatable bonds is 3. The van der Waals surface area contributed by atoms with Crippen LogP contribution in [0.2, 0.25) is 0 Å². The minimum absolute atomic E-state index is 0. The van der Waals surface area contributed by atoms with Crippen LogP contribution in [0.3, 0.4) is 0 Å². The molecule has 0 saturated heterocycles. The Morgan fingerprint density at radius 1 is 0.794 bits per heavy atom. The first-order valence-corrected chi connectivity index (χ1v) is 8.07. The predicted octanol–water partition coefficient (Wildman–Crippen LogP) is 4.64. The average molecular weight is 546 g/mol. The topological polar surface area (TPSA) is 68.0 Å². The van der Waals surface area contributed by atoms with E-state index in [9.17, 15) is 58.2 Å². The molecule has 5 nitrogen and oxygen atoms in total. The van der Waals surface area contributed by atoms with Crippen LogP contribution >= 0.6 is 0 Å². The first-order chi connectivity index (χ1) is 15.1. The van der Waals surface area contributed by atoms with Crippen molar-refractivity contribution in [2.45, 2.75) is 13.1 Å². The molecule has 0 aliphatic heterocycles. The van der Waals surface area contributed by atoms with Crippen molar-refractivity contribution in [3.63, 3.8) is 0 Å². The Balaban J connectivity index is 0.00000408. The van der Waals surface area contributed by atoms with Crippen LogP contribution in [-0.4, -0.2) is 25.7 Å². The van der Waals surface area contributed by atoms with Gasteiger partial charge in [-0.15, -0.1) is 0 Å². The first-order valence-electron chi connectivity index (χ1n) is 8.07. The SMILES string of the molecule is Cc1nn(-c2c(F)c(F)nc(C(F)(F)F)c2F)c(O)c1C(=O)c1c(F)c(F)c(F)c(F)c1F.[Mn]. The van der Waals surface area contributed by atoms with Gasteiger partial charge in [0.25, 0.3) is 5.95 Å². The largest absolute Gasteiger partial charge is 0.493 e. The molecule has 0 unspecified atom stereocenters. The molecule has 0 atom stereocenters. The third-order valence-corrected chi connectivity index (χ3v) is 4.20. The maximum atomic E-state index is 14.3. The van der Waals surface area contributed by atoms with E-state index < -0.39 is 97.4 Å². The number of pyridine rings is 1. The van der Waals surface area contributed by atoms with Crippen LogP contribution in [-0.2, 0) is 23.2 Å². The van der Waals surface area contributed by atoms with Gasteiger partial charge in [-0.05, 0) is 6.92 Å². The molecular formula is C17H4F11MnN3O2. The zero-order chi connectivity index (χ0) is 25.2. The van der Waals surface area contributed by atoms with Crippen molar-refractivity contribution in [3.05, 3.63) is 69.2 Å². The number of aromatic hydroxyl groups is 1. The van der Waals surface area contributed by atoms with Gasteiger partial charge in [-0.25, -0.2) is 31.3 Å². The monoisotopic (exact) mass is 546 g/mol. The average Bonchev–Trinajstić information content (AvgIpc) is 3.00. The van der Waals surface area contributed by atoms with Crippen molar-refractivity contribution < 1.29 is 75.3 Å². The van der Waals surface area contributed by atoms with Crippen molar-refractivity contribution >= 4 is 5.78 Å². The van der Waals surface area contributed by atoms with E-state index in [2.05, 4.69) is 10.1 Å². The van der Waals surface area contributed by atoms with Gasteiger partial charge in [0.15, 0.2) is 34.8 Å². The number of hydrogen-bond donors (Lipinski definition) is 1. The molecule has 3 aromatic rings. The minimum Gasteiger partial charge on any atom is -0.493 e. The molecule has 0 fully saturated rings. The summed E-state index contributed by atoms with van der Waals surface area (Å²) in [5.41, 5.74) is -9.04. The van der Waals surface area contributed by atoms with E-state index in [1.165, 1.54) is 0 Å². The van der Waals surface area contributed by atoms with Crippen molar-refractivity contribution in [2.75, 3.05) is 0 Å². The molecule has 2 aromatic heterocycles. The van der Waals surface area contributed by atoms with Crippen molar-refractivity contribution in [1.29, 1.82) is 0 Å². The summed E-state index contributed by atoms with van der Waals surface area (Å²) in [6.45, 7) is 0.716. The molecule has 0 saturated carbocycles. The molecule has 34 heavy (non-hydrogen) atoms. The summed E-state index contributed by atoms with van der Waals surface area (Å²) >= 11 is 0. The van der Waals surface area contributed by atoms with Gasteiger partial charge in [0.2, 0.25) is 23.3 Å². The van der Waals surface area contributed by atoms with Crippen molar-refractivity contribution in [1.82, 2.24) is 14.8 Å². The Hall–Kier alpha value is -3.20. The third kappa shape index (κ3) is 3.98. The zero-order valence-electron chi connectivity index (χ0n) is 15.7. The maximum absolute atomic E-state index is 14.3. The van der Waals surface area contributed by atoms with Gasteiger partial charge in [-0.3, -0.25) is 4.79 Å². The maximum Gasteiger partial charge on any atom is 0.436 e. The summed E-state index contributed by atoms with van der Waals surface area (Å²) in [5, 5.41) is 13.3. The summed E-state index contributed by atoms with van der Waals surface area (Å²) in [5.74, 6) is -24.5. The van der Waals surface area contributed by atoms with Gasteiger partial charge in [0.05, 0.1) is 5.69 Å². The number of alkyl halides is 3. The fourth-order valence-corrected chi connectivity index (χ4v) is 2.74. The predicted molar refractivity (Wildman–Crippen MR) is 82.3 cm³/mol. The van der Waals surface area contributed by atoms with Crippen LogP contribution < -0.4 is 0 Å². The normalized spacial score (nSPS) is 11.5. The Kier molecular flexibility index (Phi) is 7.05. The number of benzene rings is 1. The zero-order valence-corrected chi connectivity index (χ0v) is 16.9. The standard InChI is InChI=1S/C17H4F11N3O2.Mn/c1-2-3(13(32)4-5(18)7(20)9(22)8(21)6(4)19)16(33)31(30-2)12-10(23)14(17(26,27)28)29-15(25)11(12)24;/h33H,1H3;. The summed E-state index contributed by atoms with van der Waals surface area (Å²) < 4.78 is 148. The second kappa shape index (κ2) is 8.87. The van der Waals surface area contributed by atoms with Crippen molar-refractivity contribution in [3.8, 4) is 11.6 Å². The number of ketones is 1. The molecule has 183 valence electrons. The summed E-state index contributed by atoms with van der Waals surface area (Å²) in [4.78, 5) is 14.5. The summed E-state index contributed by atoms with van der Waals surface area (Å²) in [6, 6.07) is 0. The number of halogens is 11. The van der Waals surface area contributed by atoms with E-state index in [0.29, 0.717) is 6.92 Å². The van der Waals surface area contributed by atoms with E-state index in [0.717, 1.165) is 0 Å². The Labute approximate surface area is 190 Å². The van der Waals surface area contributed by atoms with Crippen LogP contribution in [0.5, 0.6) is 5.88 Å². The smallest absolute Gasteiger partial charge is 0.436 e. The van der Waals surface area contributed by atoms with Crippen LogP contribution in [0, 0.1) is 53.6 Å². The quantitative estimate of drug-likeness (QED) is 0.130. The second-order valence-corrected chi connectivity index (χ2v) is 6.20. The molecule has 2 heterocycles. The van der Waals surface area contributed by atoms with Gasteiger partial charge < -0.3 is 5.11 Å². The Morgan fingerprint density at radius 2 is 1.26 bits per heavy atom. The molecule has 1 radical (unpaired) electrons. The van der Waals surface area contributed by atoms with E-state index in [4.69, 9.17) is 0 Å². The van der Waals surface area contributed by atoms with E-state index in [-0.39, 0.29) is 17.1 Å². The molecule has 0 aliphatic carbocycles. The van der Waals surface area contributed by atoms with Crippen LogP contribution in [0.1, 0.15) is 27.3 Å². The van der Waals surface area contributed by atoms with Crippen LogP contribution in [0.4, 0.5) is 48.3 Å². The number of aryl methyl sites for hydroxylation is 1. The van der Waals surface area contributed by atoms with Gasteiger partial charge >= 0.3 is 6.18 Å². The molecule has 0 spiro atoms. The van der Waals surface area contributed by atoms with Crippen molar-refractivity contribution in [2.24, 2.45) is 0 Å². The molecule has 3 rings (SSSR count). The van der Waals surface area contributed by atoms with Gasteiger partial charge in [-0.1, -0.05) is 0 Å². The number of aromatic nitrogens is 3. The van der Waals surface area contributed by atoms with E-state index >= 15 is 0 Å². The molecule has 1 N–H and O–H groups in total. The van der Waals surface area contributed by atoms with Gasteiger partial charge in [0.1, 0.15) is 16.8 Å². The molecule has 17 heteroatoms. The summed E-state index contributed by atoms with van der Waals surface area (Å²) in [6.07, 6.45) is -5.67. The van der Waals surface area contributed by atoms with Crippen LogP contribution in [0.25, 0.3) is 5.69 Å². The molecule has 0 amide bonds. The van der Waals surface area contributed by atoms with Gasteiger partial charge in [0, 0.05) is 17.1 Å². The minimum atomic E-state index is -5.67. The first kappa shape index (κ1) is 27.0. The summed E-state index contributed by atoms with van der Waals surface area (Å²) in [7, 11) is 0. The Bertz CT molecular complexity index is 1310. The fraction of sp³-hybridized carbons (Fsp3) is 0.118. The number of carbonyl (C=O) groups excluding carboxylic acids is 1. The van der Waals surface area contributed by atoms with Crippen LogP contribution in [0.15, 0.2) is 0 Å². The molecular weight excluding hydrogens is 542 g/mol. The number of nitrogens with zero attached hydrogens (tertiary/aromatic N) is 3. The molecule has 0 bridgehead atoms.